The van der Waals surface area contributed by atoms with Gasteiger partial charge in [-0.15, -0.1) is 0 Å². The molecule has 1 aromatic heterocycles. The summed E-state index contributed by atoms with van der Waals surface area (Å²) >= 11 is 0. The highest BCUT2D eigenvalue weighted by Crippen LogP contribution is 2.22. The molecule has 2 aliphatic rings. The van der Waals surface area contributed by atoms with Crippen LogP contribution in [-0.4, -0.2) is 48.2 Å². The smallest absolute Gasteiger partial charge is 0.270 e. The lowest BCUT2D eigenvalue weighted by Crippen LogP contribution is -2.35. The number of amides is 1. The van der Waals surface area contributed by atoms with Crippen molar-refractivity contribution in [2.45, 2.75) is 45.6 Å². The van der Waals surface area contributed by atoms with Crippen molar-refractivity contribution in [3.8, 4) is 0 Å². The highest BCUT2D eigenvalue weighted by molar-refractivity contribution is 5.93. The van der Waals surface area contributed by atoms with Crippen molar-refractivity contribution in [1.29, 1.82) is 0 Å². The third-order valence-corrected chi connectivity index (χ3v) is 4.68. The first kappa shape index (κ1) is 16.2. The predicted molar refractivity (Wildman–Crippen MR) is 88.7 cm³/mol. The van der Waals surface area contributed by atoms with Gasteiger partial charge in [0.05, 0.1) is 6.10 Å². The zero-order valence-corrected chi connectivity index (χ0v) is 14.0. The Morgan fingerprint density at radius 3 is 2.83 bits per heavy atom. The Labute approximate surface area is 137 Å². The van der Waals surface area contributed by atoms with Crippen LogP contribution in [0.5, 0.6) is 0 Å². The quantitative estimate of drug-likeness (QED) is 0.919. The Morgan fingerprint density at radius 2 is 2.13 bits per heavy atom. The maximum absolute atomic E-state index is 12.4. The fraction of sp³-hybridized carbons (Fsp3) is 0.706. The first-order valence-corrected chi connectivity index (χ1v) is 8.62. The van der Waals surface area contributed by atoms with E-state index in [2.05, 4.69) is 27.1 Å². The summed E-state index contributed by atoms with van der Waals surface area (Å²) in [5.74, 6) is 2.14. The molecule has 1 unspecified atom stereocenters. The Balaban J connectivity index is 1.65. The van der Waals surface area contributed by atoms with Gasteiger partial charge in [-0.1, -0.05) is 6.92 Å². The molecule has 0 aromatic carbocycles. The second-order valence-electron chi connectivity index (χ2n) is 6.67. The number of anilines is 1. The van der Waals surface area contributed by atoms with Crippen LogP contribution in [0.4, 0.5) is 5.82 Å². The molecule has 126 valence electrons. The summed E-state index contributed by atoms with van der Waals surface area (Å²) in [4.78, 5) is 23.4. The van der Waals surface area contributed by atoms with Crippen LogP contribution in [0.1, 0.15) is 48.9 Å². The minimum absolute atomic E-state index is 0.141. The second kappa shape index (κ2) is 7.25. The van der Waals surface area contributed by atoms with Crippen LogP contribution in [0.3, 0.4) is 0 Å². The molecule has 2 aliphatic heterocycles. The van der Waals surface area contributed by atoms with Crippen molar-refractivity contribution in [2.75, 3.05) is 31.1 Å². The van der Waals surface area contributed by atoms with E-state index in [1.54, 1.807) is 0 Å². The average molecular weight is 318 g/mol. The molecule has 0 spiro atoms. The Bertz CT molecular complexity index is 550. The van der Waals surface area contributed by atoms with E-state index in [9.17, 15) is 4.79 Å². The van der Waals surface area contributed by atoms with Gasteiger partial charge in [-0.3, -0.25) is 4.79 Å². The van der Waals surface area contributed by atoms with E-state index < -0.39 is 0 Å². The zero-order chi connectivity index (χ0) is 16.2. The molecule has 0 saturated carbocycles. The highest BCUT2D eigenvalue weighted by Gasteiger charge is 2.21. The maximum Gasteiger partial charge on any atom is 0.270 e. The van der Waals surface area contributed by atoms with E-state index in [-0.39, 0.29) is 12.0 Å². The van der Waals surface area contributed by atoms with Gasteiger partial charge in [0.2, 0.25) is 0 Å². The molecule has 2 fully saturated rings. The standard InChI is InChI=1S/C17H26N4O2/c1-12-5-7-21(8-6-12)16-10-15(19-13(2)20-16)17(22)18-11-14-4-3-9-23-14/h10,12,14H,3-9,11H2,1-2H3,(H,18,22). The zero-order valence-electron chi connectivity index (χ0n) is 14.0. The van der Waals surface area contributed by atoms with Crippen molar-refractivity contribution < 1.29 is 9.53 Å². The van der Waals surface area contributed by atoms with Gasteiger partial charge in [0.25, 0.3) is 5.91 Å². The van der Waals surface area contributed by atoms with Crippen molar-refractivity contribution in [2.24, 2.45) is 5.92 Å². The van der Waals surface area contributed by atoms with E-state index in [4.69, 9.17) is 4.74 Å². The lowest BCUT2D eigenvalue weighted by atomic mass is 9.99. The van der Waals surface area contributed by atoms with E-state index in [1.807, 2.05) is 13.0 Å². The minimum Gasteiger partial charge on any atom is -0.376 e. The molecule has 3 rings (SSSR count). The van der Waals surface area contributed by atoms with Crippen LogP contribution in [0.2, 0.25) is 0 Å². The van der Waals surface area contributed by atoms with Gasteiger partial charge in [-0.25, -0.2) is 9.97 Å². The number of carbonyl (C=O) groups is 1. The molecular weight excluding hydrogens is 292 g/mol. The third-order valence-electron chi connectivity index (χ3n) is 4.68. The number of piperidine rings is 1. The van der Waals surface area contributed by atoms with Crippen LogP contribution < -0.4 is 10.2 Å². The van der Waals surface area contributed by atoms with Crippen LogP contribution >= 0.6 is 0 Å². The molecule has 1 N–H and O–H groups in total. The monoisotopic (exact) mass is 318 g/mol. The van der Waals surface area contributed by atoms with E-state index >= 15 is 0 Å². The maximum atomic E-state index is 12.4. The largest absolute Gasteiger partial charge is 0.376 e. The number of aryl methyl sites for hydroxylation is 1. The number of nitrogens with one attached hydrogen (secondary N) is 1. The van der Waals surface area contributed by atoms with Gasteiger partial charge in [0, 0.05) is 32.3 Å². The first-order valence-electron chi connectivity index (χ1n) is 8.62. The number of ether oxygens (including phenoxy) is 1. The van der Waals surface area contributed by atoms with Crippen molar-refractivity contribution in [1.82, 2.24) is 15.3 Å². The van der Waals surface area contributed by atoms with Crippen LogP contribution in [0.25, 0.3) is 0 Å². The lowest BCUT2D eigenvalue weighted by molar-refractivity contribution is 0.0853. The van der Waals surface area contributed by atoms with E-state index in [0.717, 1.165) is 44.3 Å². The summed E-state index contributed by atoms with van der Waals surface area (Å²) < 4.78 is 5.54. The topological polar surface area (TPSA) is 67.3 Å². The number of hydrogen-bond acceptors (Lipinski definition) is 5. The molecule has 1 amide bonds. The molecule has 2 saturated heterocycles. The SMILES string of the molecule is Cc1nc(C(=O)NCC2CCCO2)cc(N2CCC(C)CC2)n1. The summed E-state index contributed by atoms with van der Waals surface area (Å²) in [6.07, 6.45) is 4.57. The number of rotatable bonds is 4. The molecule has 6 heteroatoms. The number of carbonyl (C=O) groups excluding carboxylic acids is 1. The second-order valence-corrected chi connectivity index (χ2v) is 6.67. The van der Waals surface area contributed by atoms with Gasteiger partial charge in [-0.05, 0) is 38.5 Å². The first-order chi connectivity index (χ1) is 11.1. The molecule has 23 heavy (non-hydrogen) atoms. The van der Waals surface area contributed by atoms with Crippen molar-refractivity contribution >= 4 is 11.7 Å². The van der Waals surface area contributed by atoms with Crippen LogP contribution in [-0.2, 0) is 4.74 Å². The summed E-state index contributed by atoms with van der Waals surface area (Å²) in [7, 11) is 0. The summed E-state index contributed by atoms with van der Waals surface area (Å²) in [6, 6.07) is 1.81. The predicted octanol–water partition coefficient (Wildman–Crippen LogP) is 1.93. The minimum atomic E-state index is -0.141. The molecule has 6 nitrogen and oxygen atoms in total. The fourth-order valence-corrected chi connectivity index (χ4v) is 3.17. The van der Waals surface area contributed by atoms with Gasteiger partial charge in [-0.2, -0.15) is 0 Å². The summed E-state index contributed by atoms with van der Waals surface area (Å²) in [6.45, 7) is 7.46. The lowest BCUT2D eigenvalue weighted by Gasteiger charge is -2.31. The fourth-order valence-electron chi connectivity index (χ4n) is 3.17. The third kappa shape index (κ3) is 4.19. The summed E-state index contributed by atoms with van der Waals surface area (Å²) in [5.41, 5.74) is 0.448. The van der Waals surface area contributed by atoms with Crippen LogP contribution in [0, 0.1) is 12.8 Å². The average Bonchev–Trinajstić information content (AvgIpc) is 3.06. The van der Waals surface area contributed by atoms with Gasteiger partial charge >= 0.3 is 0 Å². The van der Waals surface area contributed by atoms with Gasteiger partial charge in [0.15, 0.2) is 0 Å². The normalized spacial score (nSPS) is 22.3. The van der Waals surface area contributed by atoms with Crippen molar-refractivity contribution in [3.05, 3.63) is 17.6 Å². The Kier molecular flexibility index (Phi) is 5.10. The Morgan fingerprint density at radius 1 is 1.35 bits per heavy atom. The van der Waals surface area contributed by atoms with Crippen LogP contribution in [0.15, 0.2) is 6.07 Å². The summed E-state index contributed by atoms with van der Waals surface area (Å²) in [5, 5.41) is 2.93. The van der Waals surface area contributed by atoms with Gasteiger partial charge < -0.3 is 15.0 Å². The highest BCUT2D eigenvalue weighted by atomic mass is 16.5. The number of hydrogen-bond donors (Lipinski definition) is 1. The van der Waals surface area contributed by atoms with E-state index in [0.29, 0.717) is 18.1 Å². The van der Waals surface area contributed by atoms with E-state index in [1.165, 1.54) is 12.8 Å². The van der Waals surface area contributed by atoms with Gasteiger partial charge in [0.1, 0.15) is 17.3 Å². The molecule has 1 atom stereocenters. The molecule has 1 aromatic rings. The van der Waals surface area contributed by atoms with Crippen molar-refractivity contribution in [3.63, 3.8) is 0 Å². The Hall–Kier alpha value is -1.69. The number of nitrogens with zero attached hydrogens (tertiary/aromatic N) is 3. The molecule has 3 heterocycles. The molecule has 0 aliphatic carbocycles. The molecule has 0 radical (unpaired) electrons. The number of aromatic nitrogens is 2. The molecular formula is C17H26N4O2. The molecule has 0 bridgehead atoms.